The minimum absolute atomic E-state index is 0.0666. The molecule has 0 aromatic heterocycles. The molecule has 0 amide bonds. The molecule has 2 nitrogen and oxygen atoms in total. The normalized spacial score (nSPS) is 44.8. The summed E-state index contributed by atoms with van der Waals surface area (Å²) in [5.41, 5.74) is 0.0666. The van der Waals surface area contributed by atoms with Crippen LogP contribution in [0.1, 0.15) is 39.5 Å². The summed E-state index contributed by atoms with van der Waals surface area (Å²) in [7, 11) is 0. The Balaban J connectivity index is 1.73. The average molecular weight is 184 g/mol. The van der Waals surface area contributed by atoms with Gasteiger partial charge in [-0.1, -0.05) is 19.8 Å². The summed E-state index contributed by atoms with van der Waals surface area (Å²) in [6, 6.07) is 0. The Morgan fingerprint density at radius 1 is 1.38 bits per heavy atom. The van der Waals surface area contributed by atoms with Gasteiger partial charge in [0.1, 0.15) is 5.60 Å². The van der Waals surface area contributed by atoms with Crippen molar-refractivity contribution < 1.29 is 9.47 Å². The standard InChI is InChI=1S/C11H20O2/c1-9-5-3-4-6-10(9)12-7-11(2)8-13-11/h9-10H,3-8H2,1-2H3. The quantitative estimate of drug-likeness (QED) is 0.628. The molecule has 3 unspecified atom stereocenters. The van der Waals surface area contributed by atoms with Crippen LogP contribution in [0.2, 0.25) is 0 Å². The summed E-state index contributed by atoms with van der Waals surface area (Å²) in [6.07, 6.45) is 5.80. The van der Waals surface area contributed by atoms with Crippen LogP contribution in [0, 0.1) is 5.92 Å². The first kappa shape index (κ1) is 9.47. The summed E-state index contributed by atoms with van der Waals surface area (Å²) in [5, 5.41) is 0. The molecule has 3 atom stereocenters. The van der Waals surface area contributed by atoms with E-state index in [9.17, 15) is 0 Å². The molecular weight excluding hydrogens is 164 g/mol. The van der Waals surface area contributed by atoms with Crippen LogP contribution in [-0.2, 0) is 9.47 Å². The van der Waals surface area contributed by atoms with E-state index in [1.165, 1.54) is 25.7 Å². The van der Waals surface area contributed by atoms with Crippen LogP contribution in [0.5, 0.6) is 0 Å². The molecule has 76 valence electrons. The molecule has 0 bridgehead atoms. The predicted molar refractivity (Wildman–Crippen MR) is 51.7 cm³/mol. The molecule has 0 radical (unpaired) electrons. The second kappa shape index (κ2) is 3.58. The van der Waals surface area contributed by atoms with Gasteiger partial charge in [0.25, 0.3) is 0 Å². The van der Waals surface area contributed by atoms with Gasteiger partial charge >= 0.3 is 0 Å². The summed E-state index contributed by atoms with van der Waals surface area (Å²) in [5.74, 6) is 0.746. The van der Waals surface area contributed by atoms with Gasteiger partial charge in [0.05, 0.1) is 19.3 Å². The molecule has 2 aliphatic rings. The fraction of sp³-hybridized carbons (Fsp3) is 1.00. The zero-order valence-electron chi connectivity index (χ0n) is 8.71. The summed E-state index contributed by atoms with van der Waals surface area (Å²) < 4.78 is 11.2. The first-order valence-corrected chi connectivity index (χ1v) is 5.45. The molecule has 1 aliphatic carbocycles. The Morgan fingerprint density at radius 2 is 2.08 bits per heavy atom. The number of hydrogen-bond acceptors (Lipinski definition) is 2. The van der Waals surface area contributed by atoms with Crippen LogP contribution in [0.3, 0.4) is 0 Å². The van der Waals surface area contributed by atoms with Gasteiger partial charge in [0.15, 0.2) is 0 Å². The molecule has 2 heteroatoms. The highest BCUT2D eigenvalue weighted by Crippen LogP contribution is 2.31. The first-order chi connectivity index (χ1) is 6.20. The lowest BCUT2D eigenvalue weighted by molar-refractivity contribution is -0.0258. The third kappa shape index (κ3) is 2.44. The van der Waals surface area contributed by atoms with Crippen LogP contribution in [-0.4, -0.2) is 24.9 Å². The van der Waals surface area contributed by atoms with E-state index >= 15 is 0 Å². The van der Waals surface area contributed by atoms with E-state index in [0.717, 1.165) is 19.1 Å². The Labute approximate surface area is 80.6 Å². The number of hydrogen-bond donors (Lipinski definition) is 0. The monoisotopic (exact) mass is 184 g/mol. The Bertz CT molecular complexity index is 175. The van der Waals surface area contributed by atoms with E-state index < -0.39 is 0 Å². The van der Waals surface area contributed by atoms with Crippen molar-refractivity contribution in [1.82, 2.24) is 0 Å². The van der Waals surface area contributed by atoms with E-state index in [0.29, 0.717) is 6.10 Å². The second-order valence-corrected chi connectivity index (χ2v) is 4.85. The molecule has 0 aromatic rings. The molecular formula is C11H20O2. The predicted octanol–water partition coefficient (Wildman–Crippen LogP) is 2.37. The SMILES string of the molecule is CC1CCCCC1OCC1(C)CO1. The summed E-state index contributed by atoms with van der Waals surface area (Å²) in [6.45, 7) is 6.11. The molecule has 0 aromatic carbocycles. The molecule has 1 saturated carbocycles. The third-order valence-corrected chi connectivity index (χ3v) is 3.27. The van der Waals surface area contributed by atoms with Gasteiger partial charge in [-0.25, -0.2) is 0 Å². The Hall–Kier alpha value is -0.0800. The average Bonchev–Trinajstić information content (AvgIpc) is 2.83. The third-order valence-electron chi connectivity index (χ3n) is 3.27. The fourth-order valence-electron chi connectivity index (χ4n) is 2.02. The Kier molecular flexibility index (Phi) is 2.61. The van der Waals surface area contributed by atoms with Gasteiger partial charge in [0.2, 0.25) is 0 Å². The van der Waals surface area contributed by atoms with Crippen molar-refractivity contribution in [2.75, 3.05) is 13.2 Å². The molecule has 0 N–H and O–H groups in total. The zero-order valence-corrected chi connectivity index (χ0v) is 8.71. The molecule has 2 rings (SSSR count). The van der Waals surface area contributed by atoms with Gasteiger partial charge < -0.3 is 9.47 Å². The largest absolute Gasteiger partial charge is 0.375 e. The van der Waals surface area contributed by atoms with Gasteiger partial charge in [-0.2, -0.15) is 0 Å². The van der Waals surface area contributed by atoms with E-state index in [1.807, 2.05) is 0 Å². The van der Waals surface area contributed by atoms with Crippen molar-refractivity contribution >= 4 is 0 Å². The molecule has 1 aliphatic heterocycles. The smallest absolute Gasteiger partial charge is 0.112 e. The van der Waals surface area contributed by atoms with Gasteiger partial charge in [0, 0.05) is 0 Å². The van der Waals surface area contributed by atoms with Gasteiger partial charge in [-0.15, -0.1) is 0 Å². The molecule has 1 saturated heterocycles. The number of rotatable bonds is 3. The van der Waals surface area contributed by atoms with E-state index in [-0.39, 0.29) is 5.60 Å². The van der Waals surface area contributed by atoms with Crippen LogP contribution in [0.25, 0.3) is 0 Å². The maximum Gasteiger partial charge on any atom is 0.112 e. The van der Waals surface area contributed by atoms with Crippen molar-refractivity contribution in [3.8, 4) is 0 Å². The highest BCUT2D eigenvalue weighted by atomic mass is 16.6. The lowest BCUT2D eigenvalue weighted by Crippen LogP contribution is -2.29. The van der Waals surface area contributed by atoms with E-state index in [4.69, 9.17) is 9.47 Å². The van der Waals surface area contributed by atoms with Crippen LogP contribution >= 0.6 is 0 Å². The van der Waals surface area contributed by atoms with Crippen LogP contribution in [0.4, 0.5) is 0 Å². The molecule has 1 heterocycles. The van der Waals surface area contributed by atoms with Crippen molar-refractivity contribution in [1.29, 1.82) is 0 Å². The van der Waals surface area contributed by atoms with Gasteiger partial charge in [-0.05, 0) is 25.7 Å². The lowest BCUT2D eigenvalue weighted by atomic mass is 9.88. The summed E-state index contributed by atoms with van der Waals surface area (Å²) in [4.78, 5) is 0. The Morgan fingerprint density at radius 3 is 2.69 bits per heavy atom. The number of epoxide rings is 1. The zero-order chi connectivity index (χ0) is 9.31. The van der Waals surface area contributed by atoms with Crippen molar-refractivity contribution in [2.24, 2.45) is 5.92 Å². The van der Waals surface area contributed by atoms with Gasteiger partial charge in [-0.3, -0.25) is 0 Å². The van der Waals surface area contributed by atoms with Crippen molar-refractivity contribution in [2.45, 2.75) is 51.2 Å². The van der Waals surface area contributed by atoms with Crippen molar-refractivity contribution in [3.63, 3.8) is 0 Å². The molecule has 2 fully saturated rings. The minimum atomic E-state index is 0.0666. The van der Waals surface area contributed by atoms with Crippen molar-refractivity contribution in [3.05, 3.63) is 0 Å². The number of ether oxygens (including phenoxy) is 2. The summed E-state index contributed by atoms with van der Waals surface area (Å²) >= 11 is 0. The van der Waals surface area contributed by atoms with E-state index in [2.05, 4.69) is 13.8 Å². The van der Waals surface area contributed by atoms with E-state index in [1.54, 1.807) is 0 Å². The van der Waals surface area contributed by atoms with Crippen LogP contribution < -0.4 is 0 Å². The lowest BCUT2D eigenvalue weighted by Gasteiger charge is -2.29. The highest BCUT2D eigenvalue weighted by molar-refractivity contribution is 4.87. The maximum atomic E-state index is 5.90. The maximum absolute atomic E-state index is 5.90. The molecule has 0 spiro atoms. The first-order valence-electron chi connectivity index (χ1n) is 5.45. The highest BCUT2D eigenvalue weighted by Gasteiger charge is 2.40. The minimum Gasteiger partial charge on any atom is -0.375 e. The second-order valence-electron chi connectivity index (χ2n) is 4.85. The topological polar surface area (TPSA) is 21.8 Å². The van der Waals surface area contributed by atoms with Crippen LogP contribution in [0.15, 0.2) is 0 Å². The molecule has 13 heavy (non-hydrogen) atoms. The fourth-order valence-corrected chi connectivity index (χ4v) is 2.02.